The van der Waals surface area contributed by atoms with E-state index in [0.717, 1.165) is 5.56 Å². The molecule has 6 heteroatoms. The van der Waals surface area contributed by atoms with Crippen molar-refractivity contribution in [2.45, 2.75) is 26.2 Å². The fourth-order valence-corrected chi connectivity index (χ4v) is 3.96. The third-order valence-electron chi connectivity index (χ3n) is 5.67. The molecule has 0 aliphatic carbocycles. The molecule has 0 saturated heterocycles. The van der Waals surface area contributed by atoms with Gasteiger partial charge in [0.1, 0.15) is 11.3 Å². The number of ketones is 1. The average molecular weight is 488 g/mol. The van der Waals surface area contributed by atoms with Crippen molar-refractivity contribution >= 4 is 46.0 Å². The highest BCUT2D eigenvalue weighted by molar-refractivity contribution is 6.32. The fourth-order valence-electron chi connectivity index (χ4n) is 3.70. The van der Waals surface area contributed by atoms with Gasteiger partial charge >= 0.3 is 0 Å². The number of carbonyl (C=O) groups is 2. The molecule has 0 unspecified atom stereocenters. The number of amides is 1. The Morgan fingerprint density at radius 2 is 1.71 bits per heavy atom. The van der Waals surface area contributed by atoms with Crippen LogP contribution in [0.1, 0.15) is 48.0 Å². The maximum Gasteiger partial charge on any atom is 0.248 e. The zero-order valence-corrected chi connectivity index (χ0v) is 20.8. The molecule has 4 aromatic rings. The van der Waals surface area contributed by atoms with E-state index in [9.17, 15) is 9.59 Å². The van der Waals surface area contributed by atoms with Crippen LogP contribution in [0.15, 0.2) is 77.2 Å². The Bertz CT molecular complexity index is 1430. The van der Waals surface area contributed by atoms with Crippen LogP contribution in [0.5, 0.6) is 5.75 Å². The summed E-state index contributed by atoms with van der Waals surface area (Å²) in [6.45, 7) is 6.46. The number of rotatable bonds is 6. The van der Waals surface area contributed by atoms with Crippen LogP contribution in [-0.2, 0) is 10.2 Å². The van der Waals surface area contributed by atoms with Crippen molar-refractivity contribution in [1.82, 2.24) is 0 Å². The molecule has 1 N–H and O–H groups in total. The van der Waals surface area contributed by atoms with Crippen LogP contribution in [-0.4, -0.2) is 18.8 Å². The Morgan fingerprint density at radius 1 is 1.00 bits per heavy atom. The molecule has 1 amide bonds. The molecule has 0 aliphatic rings. The molecule has 1 aromatic heterocycles. The minimum absolute atomic E-state index is 0.0312. The van der Waals surface area contributed by atoms with Gasteiger partial charge in [-0.1, -0.05) is 68.8 Å². The van der Waals surface area contributed by atoms with Crippen molar-refractivity contribution in [3.8, 4) is 5.75 Å². The number of benzene rings is 3. The number of para-hydroxylation sites is 1. The quantitative estimate of drug-likeness (QED) is 0.229. The number of halogens is 1. The fraction of sp³-hybridized carbons (Fsp3) is 0.172. The molecule has 35 heavy (non-hydrogen) atoms. The van der Waals surface area contributed by atoms with E-state index < -0.39 is 5.78 Å². The van der Waals surface area contributed by atoms with Gasteiger partial charge in [0.2, 0.25) is 11.7 Å². The second-order valence-corrected chi connectivity index (χ2v) is 9.58. The maximum absolute atomic E-state index is 13.3. The van der Waals surface area contributed by atoms with E-state index in [4.69, 9.17) is 20.8 Å². The SMILES string of the molecule is COc1ccc(C(=O)c2oc3ccccc3c2NC(=O)/C=C/c2ccc(C(C)(C)C)cc2)cc1Cl. The second kappa shape index (κ2) is 9.80. The summed E-state index contributed by atoms with van der Waals surface area (Å²) in [4.78, 5) is 26.1. The van der Waals surface area contributed by atoms with Crippen molar-refractivity contribution in [2.24, 2.45) is 0 Å². The number of fused-ring (bicyclic) bond motifs is 1. The molecule has 1 heterocycles. The molecule has 0 atom stereocenters. The van der Waals surface area contributed by atoms with Crippen LogP contribution < -0.4 is 10.1 Å². The van der Waals surface area contributed by atoms with Gasteiger partial charge in [-0.2, -0.15) is 0 Å². The minimum atomic E-state index is -0.400. The van der Waals surface area contributed by atoms with Gasteiger partial charge in [0.15, 0.2) is 5.76 Å². The molecule has 0 spiro atoms. The molecule has 0 saturated carbocycles. The van der Waals surface area contributed by atoms with E-state index in [1.165, 1.54) is 24.8 Å². The maximum atomic E-state index is 13.3. The number of hydrogen-bond donors (Lipinski definition) is 1. The van der Waals surface area contributed by atoms with Crippen LogP contribution >= 0.6 is 11.6 Å². The van der Waals surface area contributed by atoms with Crippen molar-refractivity contribution in [1.29, 1.82) is 0 Å². The van der Waals surface area contributed by atoms with Crippen LogP contribution in [0.4, 0.5) is 5.69 Å². The van der Waals surface area contributed by atoms with E-state index in [-0.39, 0.29) is 17.1 Å². The molecule has 0 radical (unpaired) electrons. The third-order valence-corrected chi connectivity index (χ3v) is 5.96. The first-order valence-corrected chi connectivity index (χ1v) is 11.5. The van der Waals surface area contributed by atoms with Gasteiger partial charge in [-0.15, -0.1) is 0 Å². The summed E-state index contributed by atoms with van der Waals surface area (Å²) in [5.41, 5.74) is 3.29. The van der Waals surface area contributed by atoms with E-state index in [1.807, 2.05) is 18.2 Å². The Morgan fingerprint density at radius 3 is 2.37 bits per heavy atom. The molecule has 0 bridgehead atoms. The van der Waals surface area contributed by atoms with Crippen molar-refractivity contribution in [3.05, 3.63) is 100 Å². The van der Waals surface area contributed by atoms with Gasteiger partial charge in [0.25, 0.3) is 0 Å². The first-order chi connectivity index (χ1) is 16.7. The number of furan rings is 1. The molecule has 4 rings (SSSR count). The average Bonchev–Trinajstić information content (AvgIpc) is 3.20. The van der Waals surface area contributed by atoms with Gasteiger partial charge in [0, 0.05) is 17.0 Å². The minimum Gasteiger partial charge on any atom is -0.495 e. The van der Waals surface area contributed by atoms with Crippen LogP contribution in [0, 0.1) is 0 Å². The predicted molar refractivity (Wildman–Crippen MR) is 140 cm³/mol. The summed E-state index contributed by atoms with van der Waals surface area (Å²) in [6.07, 6.45) is 3.17. The predicted octanol–water partition coefficient (Wildman–Crippen LogP) is 7.28. The highest BCUT2D eigenvalue weighted by Crippen LogP contribution is 2.34. The zero-order chi connectivity index (χ0) is 25.2. The molecular weight excluding hydrogens is 462 g/mol. The number of carbonyl (C=O) groups excluding carboxylic acids is 2. The lowest BCUT2D eigenvalue weighted by atomic mass is 9.87. The summed E-state index contributed by atoms with van der Waals surface area (Å²) in [5, 5.41) is 3.77. The van der Waals surface area contributed by atoms with E-state index in [1.54, 1.807) is 36.4 Å². The van der Waals surface area contributed by atoms with Crippen LogP contribution in [0.25, 0.3) is 17.0 Å². The van der Waals surface area contributed by atoms with Gasteiger partial charge < -0.3 is 14.5 Å². The lowest BCUT2D eigenvalue weighted by Gasteiger charge is -2.18. The lowest BCUT2D eigenvalue weighted by Crippen LogP contribution is -2.11. The van der Waals surface area contributed by atoms with Crippen molar-refractivity contribution < 1.29 is 18.7 Å². The molecule has 3 aromatic carbocycles. The largest absolute Gasteiger partial charge is 0.495 e. The third kappa shape index (κ3) is 5.31. The van der Waals surface area contributed by atoms with E-state index in [0.29, 0.717) is 33.0 Å². The smallest absolute Gasteiger partial charge is 0.248 e. The van der Waals surface area contributed by atoms with E-state index in [2.05, 4.69) is 38.2 Å². The summed E-state index contributed by atoms with van der Waals surface area (Å²) in [6, 6.07) is 19.9. The lowest BCUT2D eigenvalue weighted by molar-refractivity contribution is -0.111. The van der Waals surface area contributed by atoms with E-state index >= 15 is 0 Å². The topological polar surface area (TPSA) is 68.5 Å². The molecule has 0 fully saturated rings. The first-order valence-electron chi connectivity index (χ1n) is 11.2. The normalized spacial score (nSPS) is 11.7. The van der Waals surface area contributed by atoms with Crippen molar-refractivity contribution in [3.63, 3.8) is 0 Å². The molecule has 5 nitrogen and oxygen atoms in total. The summed E-state index contributed by atoms with van der Waals surface area (Å²) in [7, 11) is 1.50. The van der Waals surface area contributed by atoms with Crippen molar-refractivity contribution in [2.75, 3.05) is 12.4 Å². The Labute approximate surface area is 209 Å². The first kappa shape index (κ1) is 24.3. The zero-order valence-electron chi connectivity index (χ0n) is 20.0. The number of ether oxygens (including phenoxy) is 1. The van der Waals surface area contributed by atoms with Gasteiger partial charge in [0.05, 0.1) is 17.8 Å². The second-order valence-electron chi connectivity index (χ2n) is 9.18. The van der Waals surface area contributed by atoms with Gasteiger partial charge in [-0.25, -0.2) is 0 Å². The summed E-state index contributed by atoms with van der Waals surface area (Å²) in [5.74, 6) is -0.285. The summed E-state index contributed by atoms with van der Waals surface area (Å²) >= 11 is 6.21. The monoisotopic (exact) mass is 487 g/mol. The molecular formula is C29H26ClNO4. The number of hydrogen-bond acceptors (Lipinski definition) is 4. The Balaban J connectivity index is 1.62. The number of nitrogens with one attached hydrogen (secondary N) is 1. The Hall–Kier alpha value is -3.83. The van der Waals surface area contributed by atoms with Gasteiger partial charge in [-0.05, 0) is 52.9 Å². The molecule has 0 aliphatic heterocycles. The number of methoxy groups -OCH3 is 1. The van der Waals surface area contributed by atoms with Crippen LogP contribution in [0.2, 0.25) is 5.02 Å². The van der Waals surface area contributed by atoms with Gasteiger partial charge in [-0.3, -0.25) is 9.59 Å². The highest BCUT2D eigenvalue weighted by Gasteiger charge is 2.23. The van der Waals surface area contributed by atoms with Crippen LogP contribution in [0.3, 0.4) is 0 Å². The number of anilines is 1. The molecule has 178 valence electrons. The standard InChI is InChI=1S/C29H26ClNO4/c1-29(2,3)20-13-9-18(10-14-20)11-16-25(32)31-26-21-7-5-6-8-23(21)35-28(26)27(33)19-12-15-24(34-4)22(30)17-19/h5-17H,1-4H3,(H,31,32)/b16-11+. The summed E-state index contributed by atoms with van der Waals surface area (Å²) < 4.78 is 11.0. The highest BCUT2D eigenvalue weighted by atomic mass is 35.5. The Kier molecular flexibility index (Phi) is 6.81.